The van der Waals surface area contributed by atoms with Gasteiger partial charge in [-0.05, 0) is 62.5 Å². The summed E-state index contributed by atoms with van der Waals surface area (Å²) in [6.45, 7) is 4.15. The number of likely N-dealkylation sites (N-methyl/N-ethyl adjacent to an activating group) is 1. The Bertz CT molecular complexity index is 873. The van der Waals surface area contributed by atoms with E-state index in [-0.39, 0.29) is 5.91 Å². The normalized spacial score (nSPS) is 15.1. The molecule has 0 aliphatic carbocycles. The topological polar surface area (TPSA) is 60.0 Å². The Morgan fingerprint density at radius 2 is 1.75 bits per heavy atom. The van der Waals surface area contributed by atoms with E-state index < -0.39 is 0 Å². The number of aliphatic imine (C=N–C) groups is 1. The summed E-state index contributed by atoms with van der Waals surface area (Å²) < 4.78 is 0. The van der Waals surface area contributed by atoms with E-state index in [9.17, 15) is 4.79 Å². The lowest BCUT2D eigenvalue weighted by Crippen LogP contribution is -2.45. The van der Waals surface area contributed by atoms with Crippen LogP contribution in [0.25, 0.3) is 0 Å². The standard InChI is InChI=1S/C26H37N5O/c1-27-26(31-15-12-22(13-16-31)18-21-8-5-4-6-9-21)29-20-23-10-7-11-24(19-23)25(32)28-14-17-30(2)3/h4-11,19,22H,12-18,20H2,1-3H3,(H,27,29)(H,28,32). The number of piperidine rings is 1. The second-order valence-corrected chi connectivity index (χ2v) is 8.78. The van der Waals surface area contributed by atoms with Crippen LogP contribution in [0.5, 0.6) is 0 Å². The number of hydrogen-bond acceptors (Lipinski definition) is 3. The molecule has 0 saturated carbocycles. The Hall–Kier alpha value is -2.86. The van der Waals surface area contributed by atoms with Crippen LogP contribution in [-0.2, 0) is 13.0 Å². The van der Waals surface area contributed by atoms with Gasteiger partial charge in [-0.1, -0.05) is 42.5 Å². The van der Waals surface area contributed by atoms with E-state index in [4.69, 9.17) is 0 Å². The molecule has 6 nitrogen and oxygen atoms in total. The molecule has 0 radical (unpaired) electrons. The third-order valence-corrected chi connectivity index (χ3v) is 5.98. The van der Waals surface area contributed by atoms with Crippen molar-refractivity contribution in [3.05, 3.63) is 71.3 Å². The van der Waals surface area contributed by atoms with Gasteiger partial charge in [0.2, 0.25) is 0 Å². The maximum absolute atomic E-state index is 12.4. The largest absolute Gasteiger partial charge is 0.352 e. The molecule has 0 bridgehead atoms. The lowest BCUT2D eigenvalue weighted by molar-refractivity contribution is 0.0951. The van der Waals surface area contributed by atoms with Crippen LogP contribution in [0, 0.1) is 5.92 Å². The lowest BCUT2D eigenvalue weighted by atomic mass is 9.90. The Kier molecular flexibility index (Phi) is 9.11. The minimum absolute atomic E-state index is 0.0291. The number of likely N-dealkylation sites (tertiary alicyclic amines) is 1. The van der Waals surface area contributed by atoms with Crippen LogP contribution < -0.4 is 10.6 Å². The number of nitrogens with one attached hydrogen (secondary N) is 2. The highest BCUT2D eigenvalue weighted by molar-refractivity contribution is 5.94. The molecule has 3 rings (SSSR count). The van der Waals surface area contributed by atoms with Crippen molar-refractivity contribution in [2.24, 2.45) is 10.9 Å². The van der Waals surface area contributed by atoms with E-state index in [1.165, 1.54) is 18.4 Å². The highest BCUT2D eigenvalue weighted by atomic mass is 16.1. The van der Waals surface area contributed by atoms with Gasteiger partial charge in [0, 0.05) is 45.3 Å². The van der Waals surface area contributed by atoms with E-state index >= 15 is 0 Å². The fourth-order valence-electron chi connectivity index (χ4n) is 4.13. The molecule has 172 valence electrons. The number of amides is 1. The molecular formula is C26H37N5O. The molecule has 6 heteroatoms. The first-order valence-corrected chi connectivity index (χ1v) is 11.6. The zero-order valence-electron chi connectivity index (χ0n) is 19.7. The van der Waals surface area contributed by atoms with Gasteiger partial charge in [0.05, 0.1) is 0 Å². The molecule has 32 heavy (non-hydrogen) atoms. The monoisotopic (exact) mass is 435 g/mol. The summed E-state index contributed by atoms with van der Waals surface area (Å²) in [7, 11) is 5.83. The first-order chi connectivity index (χ1) is 15.5. The second kappa shape index (κ2) is 12.2. The van der Waals surface area contributed by atoms with E-state index in [1.54, 1.807) is 0 Å². The van der Waals surface area contributed by atoms with E-state index in [0.717, 1.165) is 43.5 Å². The zero-order valence-corrected chi connectivity index (χ0v) is 19.7. The number of nitrogens with zero attached hydrogens (tertiary/aromatic N) is 3. The first-order valence-electron chi connectivity index (χ1n) is 11.6. The molecule has 1 aliphatic heterocycles. The molecule has 1 saturated heterocycles. The molecule has 1 aliphatic rings. The molecule has 0 spiro atoms. The quantitative estimate of drug-likeness (QED) is 0.494. The van der Waals surface area contributed by atoms with Gasteiger partial charge in [-0.3, -0.25) is 9.79 Å². The predicted octanol–water partition coefficient (Wildman–Crippen LogP) is 3.01. The molecule has 0 aromatic heterocycles. The SMILES string of the molecule is CN=C(NCc1cccc(C(=O)NCCN(C)C)c1)N1CCC(Cc2ccccc2)CC1. The van der Waals surface area contributed by atoms with Gasteiger partial charge in [-0.2, -0.15) is 0 Å². The summed E-state index contributed by atoms with van der Waals surface area (Å²) in [4.78, 5) is 21.3. The van der Waals surface area contributed by atoms with Gasteiger partial charge in [-0.25, -0.2) is 0 Å². The van der Waals surface area contributed by atoms with Crippen molar-refractivity contribution in [3.63, 3.8) is 0 Å². The van der Waals surface area contributed by atoms with Crippen LogP contribution >= 0.6 is 0 Å². The van der Waals surface area contributed by atoms with Crippen molar-refractivity contribution >= 4 is 11.9 Å². The Labute approximate surface area is 192 Å². The summed E-state index contributed by atoms with van der Waals surface area (Å²) in [6.07, 6.45) is 3.51. The predicted molar refractivity (Wildman–Crippen MR) is 132 cm³/mol. The highest BCUT2D eigenvalue weighted by Gasteiger charge is 2.21. The van der Waals surface area contributed by atoms with Crippen LogP contribution in [0.15, 0.2) is 59.6 Å². The minimum atomic E-state index is -0.0291. The van der Waals surface area contributed by atoms with Crippen molar-refractivity contribution in [1.82, 2.24) is 20.4 Å². The maximum Gasteiger partial charge on any atom is 0.251 e. The molecular weight excluding hydrogens is 398 g/mol. The number of carbonyl (C=O) groups excluding carboxylic acids is 1. The Morgan fingerprint density at radius 3 is 2.44 bits per heavy atom. The second-order valence-electron chi connectivity index (χ2n) is 8.78. The molecule has 1 fully saturated rings. The van der Waals surface area contributed by atoms with Crippen molar-refractivity contribution in [2.45, 2.75) is 25.8 Å². The molecule has 1 heterocycles. The van der Waals surface area contributed by atoms with Crippen LogP contribution in [0.1, 0.15) is 34.3 Å². The van der Waals surface area contributed by atoms with E-state index in [2.05, 4.69) is 55.8 Å². The molecule has 2 N–H and O–H groups in total. The van der Waals surface area contributed by atoms with Crippen molar-refractivity contribution in [2.75, 3.05) is 47.3 Å². The number of guanidine groups is 1. The van der Waals surface area contributed by atoms with E-state index in [0.29, 0.717) is 18.7 Å². The fourth-order valence-corrected chi connectivity index (χ4v) is 4.13. The Balaban J connectivity index is 1.47. The van der Waals surface area contributed by atoms with Gasteiger partial charge in [0.15, 0.2) is 5.96 Å². The minimum Gasteiger partial charge on any atom is -0.352 e. The maximum atomic E-state index is 12.4. The van der Waals surface area contributed by atoms with Crippen LogP contribution in [-0.4, -0.2) is 69.0 Å². The number of benzene rings is 2. The average Bonchev–Trinajstić information content (AvgIpc) is 2.81. The highest BCUT2D eigenvalue weighted by Crippen LogP contribution is 2.21. The summed E-state index contributed by atoms with van der Waals surface area (Å²) in [5.74, 6) is 1.64. The summed E-state index contributed by atoms with van der Waals surface area (Å²) in [5, 5.41) is 6.46. The van der Waals surface area contributed by atoms with Crippen molar-refractivity contribution in [3.8, 4) is 0 Å². The van der Waals surface area contributed by atoms with Crippen LogP contribution in [0.4, 0.5) is 0 Å². The lowest BCUT2D eigenvalue weighted by Gasteiger charge is -2.34. The fraction of sp³-hybridized carbons (Fsp3) is 0.462. The third kappa shape index (κ3) is 7.38. The van der Waals surface area contributed by atoms with Crippen LogP contribution in [0.3, 0.4) is 0 Å². The van der Waals surface area contributed by atoms with Gasteiger partial charge < -0.3 is 20.4 Å². The molecule has 2 aromatic carbocycles. The Morgan fingerprint density at radius 1 is 1.03 bits per heavy atom. The van der Waals surface area contributed by atoms with Gasteiger partial charge in [0.1, 0.15) is 0 Å². The molecule has 0 unspecified atom stereocenters. The molecule has 2 aromatic rings. The van der Waals surface area contributed by atoms with Gasteiger partial charge in [0.25, 0.3) is 5.91 Å². The number of carbonyl (C=O) groups is 1. The first kappa shape index (κ1) is 23.8. The summed E-state index contributed by atoms with van der Waals surface area (Å²) >= 11 is 0. The van der Waals surface area contributed by atoms with Crippen molar-refractivity contribution < 1.29 is 4.79 Å². The van der Waals surface area contributed by atoms with Gasteiger partial charge in [-0.15, -0.1) is 0 Å². The van der Waals surface area contributed by atoms with Crippen LogP contribution in [0.2, 0.25) is 0 Å². The molecule has 0 atom stereocenters. The summed E-state index contributed by atoms with van der Waals surface area (Å²) in [5.41, 5.74) is 3.20. The van der Waals surface area contributed by atoms with Crippen molar-refractivity contribution in [1.29, 1.82) is 0 Å². The average molecular weight is 436 g/mol. The molecule has 1 amide bonds. The van der Waals surface area contributed by atoms with Gasteiger partial charge >= 0.3 is 0 Å². The number of rotatable bonds is 8. The zero-order chi connectivity index (χ0) is 22.8. The number of hydrogen-bond donors (Lipinski definition) is 2. The summed E-state index contributed by atoms with van der Waals surface area (Å²) in [6, 6.07) is 18.6. The van der Waals surface area contributed by atoms with E-state index in [1.807, 2.05) is 45.4 Å². The smallest absolute Gasteiger partial charge is 0.251 e. The third-order valence-electron chi connectivity index (χ3n) is 5.98.